The topological polar surface area (TPSA) is 93.9 Å². The molecule has 1 aliphatic carbocycles. The molecule has 1 saturated carbocycles. The fourth-order valence-electron chi connectivity index (χ4n) is 5.23. The summed E-state index contributed by atoms with van der Waals surface area (Å²) in [6.45, 7) is 0.913. The molecule has 38 heavy (non-hydrogen) atoms. The van der Waals surface area contributed by atoms with Crippen LogP contribution < -0.4 is 5.32 Å². The van der Waals surface area contributed by atoms with Gasteiger partial charge in [-0.2, -0.15) is 9.37 Å². The monoisotopic (exact) mass is 543 g/mol. The van der Waals surface area contributed by atoms with E-state index < -0.39 is 17.9 Å². The van der Waals surface area contributed by atoms with Crippen LogP contribution in [0.5, 0.6) is 0 Å². The highest BCUT2D eigenvalue weighted by Gasteiger charge is 2.48. The number of esters is 1. The number of carbonyl (C=O) groups is 2. The zero-order valence-corrected chi connectivity index (χ0v) is 22.0. The van der Waals surface area contributed by atoms with Gasteiger partial charge in [0.1, 0.15) is 5.52 Å². The SMILES string of the molecule is COC(=O)C1CCC(OC(F)(C(=O)Cc2ccc3nc(Nc4ccccc4Cl)oc3c2)N2CCCC2)CC1. The highest BCUT2D eigenvalue weighted by molar-refractivity contribution is 6.33. The van der Waals surface area contributed by atoms with E-state index in [0.717, 1.165) is 12.8 Å². The van der Waals surface area contributed by atoms with Gasteiger partial charge in [0.05, 0.1) is 29.8 Å². The molecule has 0 spiro atoms. The summed E-state index contributed by atoms with van der Waals surface area (Å²) in [5.74, 6) is -3.63. The van der Waals surface area contributed by atoms with Gasteiger partial charge >= 0.3 is 11.9 Å². The normalized spacial score (nSPS) is 21.8. The molecule has 2 fully saturated rings. The molecular formula is C28H31ClFN3O5. The molecule has 8 nitrogen and oxygen atoms in total. The quantitative estimate of drug-likeness (QED) is 0.267. The maximum absolute atomic E-state index is 16.5. The number of oxazole rings is 1. The lowest BCUT2D eigenvalue weighted by atomic mass is 9.87. The zero-order valence-electron chi connectivity index (χ0n) is 21.3. The van der Waals surface area contributed by atoms with Crippen LogP contribution in [0.1, 0.15) is 44.1 Å². The zero-order chi connectivity index (χ0) is 26.7. The Morgan fingerprint density at radius 1 is 1.16 bits per heavy atom. The summed E-state index contributed by atoms with van der Waals surface area (Å²) in [5.41, 5.74) is 2.32. The summed E-state index contributed by atoms with van der Waals surface area (Å²) in [7, 11) is 1.37. The second-order valence-corrected chi connectivity index (χ2v) is 10.3. The van der Waals surface area contributed by atoms with Crippen LogP contribution in [0.15, 0.2) is 46.9 Å². The number of anilines is 2. The maximum atomic E-state index is 16.5. The van der Waals surface area contributed by atoms with E-state index in [1.807, 2.05) is 18.2 Å². The van der Waals surface area contributed by atoms with E-state index in [-0.39, 0.29) is 24.3 Å². The van der Waals surface area contributed by atoms with E-state index in [1.54, 1.807) is 24.3 Å². The van der Waals surface area contributed by atoms with Gasteiger partial charge < -0.3 is 19.2 Å². The highest BCUT2D eigenvalue weighted by atomic mass is 35.5. The molecule has 5 rings (SSSR count). The highest BCUT2D eigenvalue weighted by Crippen LogP contribution is 2.35. The van der Waals surface area contributed by atoms with Gasteiger partial charge in [0, 0.05) is 19.5 Å². The molecule has 1 N–H and O–H groups in total. The van der Waals surface area contributed by atoms with E-state index in [0.29, 0.717) is 66.1 Å². The summed E-state index contributed by atoms with van der Waals surface area (Å²) in [6, 6.07) is 12.7. The van der Waals surface area contributed by atoms with Crippen LogP contribution in [0.3, 0.4) is 0 Å². The molecule has 1 aliphatic heterocycles. The first-order valence-electron chi connectivity index (χ1n) is 13.0. The fourth-order valence-corrected chi connectivity index (χ4v) is 5.41. The number of Topliss-reactive ketones (excluding diaryl/α,β-unsaturated/α-hetero) is 1. The number of ether oxygens (including phenoxy) is 2. The number of alkyl halides is 1. The predicted molar refractivity (Wildman–Crippen MR) is 141 cm³/mol. The number of para-hydroxylation sites is 1. The van der Waals surface area contributed by atoms with Gasteiger partial charge in [-0.25, -0.2) is 4.90 Å². The van der Waals surface area contributed by atoms with Crippen molar-refractivity contribution in [3.63, 3.8) is 0 Å². The Hall–Kier alpha value is -3.01. The molecule has 1 saturated heterocycles. The molecule has 2 heterocycles. The van der Waals surface area contributed by atoms with Crippen LogP contribution in [0.25, 0.3) is 11.1 Å². The minimum Gasteiger partial charge on any atom is -0.469 e. The van der Waals surface area contributed by atoms with Crippen molar-refractivity contribution >= 4 is 46.2 Å². The summed E-state index contributed by atoms with van der Waals surface area (Å²) in [6.07, 6.45) is 3.11. The minimum atomic E-state index is -2.52. The lowest BCUT2D eigenvalue weighted by Crippen LogP contribution is -2.54. The van der Waals surface area contributed by atoms with Gasteiger partial charge in [-0.05, 0) is 68.4 Å². The number of halogens is 2. The van der Waals surface area contributed by atoms with E-state index in [1.165, 1.54) is 12.0 Å². The van der Waals surface area contributed by atoms with Crippen molar-refractivity contribution in [2.45, 2.75) is 57.0 Å². The molecule has 202 valence electrons. The molecule has 1 unspecified atom stereocenters. The van der Waals surface area contributed by atoms with Gasteiger partial charge in [-0.15, -0.1) is 0 Å². The summed E-state index contributed by atoms with van der Waals surface area (Å²) in [4.78, 5) is 31.2. The predicted octanol–water partition coefficient (Wildman–Crippen LogP) is 5.80. The van der Waals surface area contributed by atoms with Crippen molar-refractivity contribution in [1.82, 2.24) is 9.88 Å². The molecule has 3 aromatic rings. The summed E-state index contributed by atoms with van der Waals surface area (Å²) >= 11 is 6.21. The standard InChI is InChI=1S/C28H31ClFN3O5/c1-36-26(35)19-9-11-20(12-10-19)38-28(30,33-14-4-5-15-33)25(34)17-18-8-13-23-24(16-18)37-27(32-23)31-22-7-3-2-6-21(22)29/h2-3,6-8,13,16,19-20H,4-5,9-12,14-15,17H2,1H3,(H,31,32). The third-order valence-corrected chi connectivity index (χ3v) is 7.65. The average molecular weight is 544 g/mol. The summed E-state index contributed by atoms with van der Waals surface area (Å²) in [5, 5.41) is 3.58. The van der Waals surface area contributed by atoms with Crippen molar-refractivity contribution in [3.05, 3.63) is 53.1 Å². The Balaban J connectivity index is 1.29. The van der Waals surface area contributed by atoms with E-state index in [2.05, 4.69) is 10.3 Å². The Labute approximate surface area is 225 Å². The first kappa shape index (κ1) is 26.6. The van der Waals surface area contributed by atoms with Crippen molar-refractivity contribution in [3.8, 4) is 0 Å². The minimum absolute atomic E-state index is 0.158. The molecule has 0 bridgehead atoms. The number of methoxy groups -OCH3 is 1. The molecular weight excluding hydrogens is 513 g/mol. The molecule has 1 atom stereocenters. The van der Waals surface area contributed by atoms with Gasteiger partial charge in [0.25, 0.3) is 6.01 Å². The number of likely N-dealkylation sites (tertiary alicyclic amines) is 1. The van der Waals surface area contributed by atoms with Crippen LogP contribution >= 0.6 is 11.6 Å². The maximum Gasteiger partial charge on any atom is 0.330 e. The van der Waals surface area contributed by atoms with Crippen LogP contribution in [-0.2, 0) is 25.5 Å². The Morgan fingerprint density at radius 2 is 1.89 bits per heavy atom. The number of hydrogen-bond donors (Lipinski definition) is 1. The number of nitrogens with one attached hydrogen (secondary N) is 1. The van der Waals surface area contributed by atoms with Crippen LogP contribution in [0.4, 0.5) is 16.1 Å². The van der Waals surface area contributed by atoms with E-state index in [9.17, 15) is 9.59 Å². The lowest BCUT2D eigenvalue weighted by molar-refractivity contribution is -0.252. The number of nitrogens with zero attached hydrogens (tertiary/aromatic N) is 2. The molecule has 2 aromatic carbocycles. The number of aromatic nitrogens is 1. The lowest BCUT2D eigenvalue weighted by Gasteiger charge is -2.37. The molecule has 1 aromatic heterocycles. The smallest absolute Gasteiger partial charge is 0.330 e. The number of ketones is 1. The number of rotatable bonds is 9. The number of fused-ring (bicyclic) bond motifs is 1. The molecule has 0 radical (unpaired) electrons. The first-order chi connectivity index (χ1) is 18.4. The van der Waals surface area contributed by atoms with Gasteiger partial charge in [0.2, 0.25) is 5.78 Å². The Bertz CT molecular complexity index is 1300. The van der Waals surface area contributed by atoms with Crippen molar-refractivity contribution in [2.75, 3.05) is 25.5 Å². The third-order valence-electron chi connectivity index (χ3n) is 7.32. The third kappa shape index (κ3) is 5.70. The second-order valence-electron chi connectivity index (χ2n) is 9.90. The number of carbonyl (C=O) groups excluding carboxylic acids is 2. The fraction of sp³-hybridized carbons (Fsp3) is 0.464. The van der Waals surface area contributed by atoms with Crippen molar-refractivity contribution in [1.29, 1.82) is 0 Å². The van der Waals surface area contributed by atoms with Crippen molar-refractivity contribution in [2.24, 2.45) is 5.92 Å². The van der Waals surface area contributed by atoms with Crippen LogP contribution in [-0.4, -0.2) is 53.9 Å². The molecule has 10 heteroatoms. The number of hydrogen-bond acceptors (Lipinski definition) is 8. The van der Waals surface area contributed by atoms with Crippen LogP contribution in [0, 0.1) is 5.92 Å². The van der Waals surface area contributed by atoms with Gasteiger partial charge in [0.15, 0.2) is 5.58 Å². The second kappa shape index (κ2) is 11.4. The van der Waals surface area contributed by atoms with Crippen molar-refractivity contribution < 1.29 is 27.9 Å². The van der Waals surface area contributed by atoms with Gasteiger partial charge in [-0.1, -0.05) is 29.8 Å². The largest absolute Gasteiger partial charge is 0.469 e. The number of benzene rings is 2. The average Bonchev–Trinajstić information content (AvgIpc) is 3.60. The molecule has 0 amide bonds. The van der Waals surface area contributed by atoms with E-state index in [4.69, 9.17) is 25.5 Å². The molecule has 2 aliphatic rings. The first-order valence-corrected chi connectivity index (χ1v) is 13.4. The summed E-state index contributed by atoms with van der Waals surface area (Å²) < 4.78 is 33.1. The Kier molecular flexibility index (Phi) is 7.97. The van der Waals surface area contributed by atoms with E-state index >= 15 is 4.39 Å². The van der Waals surface area contributed by atoms with Gasteiger partial charge in [-0.3, -0.25) is 9.59 Å². The Morgan fingerprint density at radius 3 is 2.61 bits per heavy atom. The van der Waals surface area contributed by atoms with Crippen LogP contribution in [0.2, 0.25) is 5.02 Å².